The first kappa shape index (κ1) is 17.4. The predicted octanol–water partition coefficient (Wildman–Crippen LogP) is 3.17. The quantitative estimate of drug-likeness (QED) is 0.792. The van der Waals surface area contributed by atoms with E-state index in [2.05, 4.69) is 15.6 Å². The number of thiazole rings is 1. The highest BCUT2D eigenvalue weighted by Gasteiger charge is 2.30. The zero-order valence-electron chi connectivity index (χ0n) is 12.4. The van der Waals surface area contributed by atoms with Crippen LogP contribution in [0.1, 0.15) is 23.0 Å². The number of rotatable bonds is 6. The first-order valence-corrected chi connectivity index (χ1v) is 7.92. The molecular formula is C15H16F3N3OS. The molecular weight excluding hydrogens is 327 g/mol. The summed E-state index contributed by atoms with van der Waals surface area (Å²) in [6.45, 7) is 3.88. The maximum absolute atomic E-state index is 12.7. The lowest BCUT2D eigenvalue weighted by Gasteiger charge is -2.07. The van der Waals surface area contributed by atoms with E-state index in [1.54, 1.807) is 6.07 Å². The summed E-state index contributed by atoms with van der Waals surface area (Å²) in [7, 11) is 0. The highest BCUT2D eigenvalue weighted by atomic mass is 32.1. The molecule has 2 rings (SSSR count). The number of aromatic nitrogens is 1. The van der Waals surface area contributed by atoms with Gasteiger partial charge in [-0.15, -0.1) is 11.3 Å². The van der Waals surface area contributed by atoms with Crippen LogP contribution >= 0.6 is 11.3 Å². The van der Waals surface area contributed by atoms with Crippen molar-refractivity contribution < 1.29 is 18.0 Å². The summed E-state index contributed by atoms with van der Waals surface area (Å²) >= 11 is 1.14. The maximum atomic E-state index is 12.7. The molecule has 0 saturated heterocycles. The lowest BCUT2D eigenvalue weighted by atomic mass is 10.1. The number of halogens is 3. The van der Waals surface area contributed by atoms with Crippen molar-refractivity contribution in [3.8, 4) is 10.6 Å². The number of nitrogens with one attached hydrogen (secondary N) is 2. The Morgan fingerprint density at radius 2 is 2.09 bits per heavy atom. The number of nitrogens with zero attached hydrogens (tertiary/aromatic N) is 1. The fourth-order valence-electron chi connectivity index (χ4n) is 1.87. The topological polar surface area (TPSA) is 54.0 Å². The molecule has 1 aromatic heterocycles. The van der Waals surface area contributed by atoms with Crippen molar-refractivity contribution in [1.82, 2.24) is 15.6 Å². The third kappa shape index (κ3) is 4.77. The van der Waals surface area contributed by atoms with Crippen LogP contribution in [0.2, 0.25) is 0 Å². The predicted molar refractivity (Wildman–Crippen MR) is 83.4 cm³/mol. The molecule has 0 fully saturated rings. The smallest absolute Gasteiger partial charge is 0.349 e. The molecule has 124 valence electrons. The number of carbonyl (C=O) groups is 1. The van der Waals surface area contributed by atoms with Gasteiger partial charge in [0, 0.05) is 24.0 Å². The Morgan fingerprint density at radius 3 is 2.78 bits per heavy atom. The van der Waals surface area contributed by atoms with Crippen molar-refractivity contribution in [2.45, 2.75) is 13.1 Å². The van der Waals surface area contributed by atoms with Crippen molar-refractivity contribution in [3.05, 3.63) is 40.9 Å². The summed E-state index contributed by atoms with van der Waals surface area (Å²) in [5.74, 6) is -0.336. The van der Waals surface area contributed by atoms with Gasteiger partial charge in [-0.1, -0.05) is 19.1 Å². The molecule has 1 heterocycles. The molecule has 8 heteroatoms. The molecule has 0 aliphatic rings. The monoisotopic (exact) mass is 343 g/mol. The van der Waals surface area contributed by atoms with Crippen LogP contribution in [0.5, 0.6) is 0 Å². The molecule has 23 heavy (non-hydrogen) atoms. The Morgan fingerprint density at radius 1 is 1.30 bits per heavy atom. The number of carbonyl (C=O) groups excluding carboxylic acids is 1. The van der Waals surface area contributed by atoms with Gasteiger partial charge in [0.25, 0.3) is 5.91 Å². The molecule has 2 aromatic rings. The van der Waals surface area contributed by atoms with Crippen molar-refractivity contribution in [3.63, 3.8) is 0 Å². The molecule has 0 saturated carbocycles. The van der Waals surface area contributed by atoms with E-state index in [0.717, 1.165) is 30.0 Å². The molecule has 1 amide bonds. The first-order chi connectivity index (χ1) is 10.9. The molecule has 1 aromatic carbocycles. The standard InChI is InChI=1S/C15H16F3N3OS/c1-2-19-6-7-20-13(22)12-9-23-14(21-12)10-4-3-5-11(8-10)15(16,17)18/h3-5,8-9,19H,2,6-7H2,1H3,(H,20,22). The summed E-state index contributed by atoms with van der Waals surface area (Å²) < 4.78 is 38.2. The Kier molecular flexibility index (Phi) is 5.73. The van der Waals surface area contributed by atoms with Gasteiger partial charge in [0.2, 0.25) is 0 Å². The lowest BCUT2D eigenvalue weighted by molar-refractivity contribution is -0.137. The fourth-order valence-corrected chi connectivity index (χ4v) is 2.67. The van der Waals surface area contributed by atoms with Gasteiger partial charge in [-0.2, -0.15) is 13.2 Å². The molecule has 0 aliphatic carbocycles. The minimum Gasteiger partial charge on any atom is -0.349 e. The number of hydrogen-bond donors (Lipinski definition) is 2. The van der Waals surface area contributed by atoms with Gasteiger partial charge in [0.05, 0.1) is 5.56 Å². The van der Waals surface area contributed by atoms with E-state index in [-0.39, 0.29) is 11.6 Å². The van der Waals surface area contributed by atoms with Gasteiger partial charge in [-0.3, -0.25) is 4.79 Å². The van der Waals surface area contributed by atoms with Crippen LogP contribution in [0.15, 0.2) is 29.6 Å². The van der Waals surface area contributed by atoms with Crippen LogP contribution in [0.4, 0.5) is 13.2 Å². The SMILES string of the molecule is CCNCCNC(=O)c1csc(-c2cccc(C(F)(F)F)c2)n1. The van der Waals surface area contributed by atoms with Gasteiger partial charge in [-0.25, -0.2) is 4.98 Å². The maximum Gasteiger partial charge on any atom is 0.416 e. The summed E-state index contributed by atoms with van der Waals surface area (Å²) in [6.07, 6.45) is -4.40. The zero-order chi connectivity index (χ0) is 16.9. The average molecular weight is 343 g/mol. The van der Waals surface area contributed by atoms with E-state index in [1.165, 1.54) is 11.4 Å². The van der Waals surface area contributed by atoms with E-state index >= 15 is 0 Å². The number of hydrogen-bond acceptors (Lipinski definition) is 4. The van der Waals surface area contributed by atoms with E-state index in [1.807, 2.05) is 6.92 Å². The van der Waals surface area contributed by atoms with Crippen molar-refractivity contribution in [1.29, 1.82) is 0 Å². The van der Waals surface area contributed by atoms with Gasteiger partial charge >= 0.3 is 6.18 Å². The number of amides is 1. The van der Waals surface area contributed by atoms with Crippen molar-refractivity contribution >= 4 is 17.2 Å². The van der Waals surface area contributed by atoms with Crippen LogP contribution < -0.4 is 10.6 Å². The summed E-state index contributed by atoms with van der Waals surface area (Å²) in [5, 5.41) is 7.69. The van der Waals surface area contributed by atoms with E-state index in [0.29, 0.717) is 23.7 Å². The van der Waals surface area contributed by atoms with Gasteiger partial charge in [0.1, 0.15) is 10.7 Å². The normalized spacial score (nSPS) is 11.5. The van der Waals surface area contributed by atoms with Crippen LogP contribution in [0.3, 0.4) is 0 Å². The van der Waals surface area contributed by atoms with Gasteiger partial charge in [-0.05, 0) is 18.7 Å². The molecule has 0 atom stereocenters. The third-order valence-electron chi connectivity index (χ3n) is 3.01. The number of alkyl halides is 3. The second kappa shape index (κ2) is 7.56. The Hall–Kier alpha value is -1.93. The average Bonchev–Trinajstić information content (AvgIpc) is 3.01. The third-order valence-corrected chi connectivity index (χ3v) is 3.90. The van der Waals surface area contributed by atoms with Crippen molar-refractivity contribution in [2.24, 2.45) is 0 Å². The fraction of sp³-hybridized carbons (Fsp3) is 0.333. The van der Waals surface area contributed by atoms with Crippen LogP contribution in [-0.2, 0) is 6.18 Å². The second-order valence-corrected chi connectivity index (χ2v) is 5.58. The molecule has 2 N–H and O–H groups in total. The van der Waals surface area contributed by atoms with E-state index < -0.39 is 11.7 Å². The van der Waals surface area contributed by atoms with Gasteiger partial charge < -0.3 is 10.6 Å². The van der Waals surface area contributed by atoms with E-state index in [9.17, 15) is 18.0 Å². The highest BCUT2D eigenvalue weighted by Crippen LogP contribution is 2.33. The van der Waals surface area contributed by atoms with Crippen LogP contribution in [-0.4, -0.2) is 30.5 Å². The largest absolute Gasteiger partial charge is 0.416 e. The van der Waals surface area contributed by atoms with Crippen LogP contribution in [0.25, 0.3) is 10.6 Å². The summed E-state index contributed by atoms with van der Waals surface area (Å²) in [5.41, 5.74) is -0.183. The molecule has 0 aliphatic heterocycles. The molecule has 0 unspecified atom stereocenters. The van der Waals surface area contributed by atoms with Crippen molar-refractivity contribution in [2.75, 3.05) is 19.6 Å². The molecule has 0 spiro atoms. The molecule has 4 nitrogen and oxygen atoms in total. The highest BCUT2D eigenvalue weighted by molar-refractivity contribution is 7.13. The Labute approximate surface area is 135 Å². The second-order valence-electron chi connectivity index (χ2n) is 4.73. The molecule has 0 radical (unpaired) electrons. The lowest BCUT2D eigenvalue weighted by Crippen LogP contribution is -2.31. The van der Waals surface area contributed by atoms with Crippen LogP contribution in [0, 0.1) is 0 Å². The number of likely N-dealkylation sites (N-methyl/N-ethyl adjacent to an activating group) is 1. The summed E-state index contributed by atoms with van der Waals surface area (Å²) in [6, 6.07) is 4.91. The minimum atomic E-state index is -4.40. The van der Waals surface area contributed by atoms with Gasteiger partial charge in [0.15, 0.2) is 0 Å². The minimum absolute atomic E-state index is 0.207. The first-order valence-electron chi connectivity index (χ1n) is 7.04. The zero-order valence-corrected chi connectivity index (χ0v) is 13.2. The summed E-state index contributed by atoms with van der Waals surface area (Å²) in [4.78, 5) is 16.0. The van der Waals surface area contributed by atoms with E-state index in [4.69, 9.17) is 0 Å². The Balaban J connectivity index is 2.09. The Bertz CT molecular complexity index is 670. The number of benzene rings is 1. The molecule has 0 bridgehead atoms.